The van der Waals surface area contributed by atoms with Crippen LogP contribution in [0.2, 0.25) is 0 Å². The van der Waals surface area contributed by atoms with E-state index in [1.54, 1.807) is 0 Å². The third-order valence-corrected chi connectivity index (χ3v) is 3.21. The SMILES string of the molecule is Cc1cccc(-n2nc(N)c3c2CN(C)C3)c1. The van der Waals surface area contributed by atoms with Crippen molar-refractivity contribution in [1.82, 2.24) is 14.7 Å². The number of aromatic nitrogens is 2. The van der Waals surface area contributed by atoms with Crippen LogP contribution in [0.1, 0.15) is 16.8 Å². The zero-order chi connectivity index (χ0) is 12.0. The number of nitrogen functional groups attached to an aromatic ring is 1. The Kier molecular flexibility index (Phi) is 2.19. The van der Waals surface area contributed by atoms with E-state index >= 15 is 0 Å². The first kappa shape index (κ1) is 10.4. The summed E-state index contributed by atoms with van der Waals surface area (Å²) in [6, 6.07) is 8.33. The van der Waals surface area contributed by atoms with Gasteiger partial charge in [0.25, 0.3) is 0 Å². The van der Waals surface area contributed by atoms with Crippen LogP contribution < -0.4 is 5.73 Å². The number of anilines is 1. The first-order valence-corrected chi connectivity index (χ1v) is 5.77. The predicted molar refractivity (Wildman–Crippen MR) is 67.9 cm³/mol. The van der Waals surface area contributed by atoms with Crippen LogP contribution in [0.5, 0.6) is 0 Å². The van der Waals surface area contributed by atoms with E-state index in [0.29, 0.717) is 5.82 Å². The van der Waals surface area contributed by atoms with Gasteiger partial charge in [0.05, 0.1) is 11.4 Å². The van der Waals surface area contributed by atoms with Gasteiger partial charge in [0, 0.05) is 18.7 Å². The van der Waals surface area contributed by atoms with Gasteiger partial charge in [0.2, 0.25) is 0 Å². The van der Waals surface area contributed by atoms with Crippen LogP contribution >= 0.6 is 0 Å². The first-order chi connectivity index (χ1) is 8.15. The monoisotopic (exact) mass is 228 g/mol. The van der Waals surface area contributed by atoms with E-state index < -0.39 is 0 Å². The highest BCUT2D eigenvalue weighted by Crippen LogP contribution is 2.28. The number of aryl methyl sites for hydroxylation is 1. The quantitative estimate of drug-likeness (QED) is 0.808. The van der Waals surface area contributed by atoms with Gasteiger partial charge in [-0.25, -0.2) is 4.68 Å². The molecule has 1 aliphatic rings. The molecule has 0 atom stereocenters. The second kappa shape index (κ2) is 3.60. The number of fused-ring (bicyclic) bond motifs is 1. The summed E-state index contributed by atoms with van der Waals surface area (Å²) in [4.78, 5) is 2.25. The maximum absolute atomic E-state index is 5.97. The van der Waals surface area contributed by atoms with Crippen LogP contribution in [0, 0.1) is 6.92 Å². The molecule has 0 saturated heterocycles. The second-order valence-electron chi connectivity index (χ2n) is 4.73. The standard InChI is InChI=1S/C13H16N4/c1-9-4-3-5-10(6-9)17-12-8-16(2)7-11(12)13(14)15-17/h3-6H,7-8H2,1-2H3,(H2,14,15). The molecule has 0 saturated carbocycles. The average Bonchev–Trinajstić information content (AvgIpc) is 2.79. The molecule has 2 heterocycles. The molecule has 2 aromatic rings. The lowest BCUT2D eigenvalue weighted by atomic mass is 10.2. The topological polar surface area (TPSA) is 47.1 Å². The van der Waals surface area contributed by atoms with Crippen LogP contribution in [-0.4, -0.2) is 21.7 Å². The van der Waals surface area contributed by atoms with Gasteiger partial charge in [0.15, 0.2) is 5.82 Å². The van der Waals surface area contributed by atoms with Crippen molar-refractivity contribution in [3.8, 4) is 5.69 Å². The summed E-state index contributed by atoms with van der Waals surface area (Å²) in [6.45, 7) is 3.89. The molecular formula is C13H16N4. The molecule has 0 radical (unpaired) electrons. The first-order valence-electron chi connectivity index (χ1n) is 5.77. The lowest BCUT2D eigenvalue weighted by Gasteiger charge is -2.09. The highest BCUT2D eigenvalue weighted by atomic mass is 15.3. The number of nitrogens with zero attached hydrogens (tertiary/aromatic N) is 3. The fourth-order valence-electron chi connectivity index (χ4n) is 2.39. The van der Waals surface area contributed by atoms with Crippen LogP contribution in [0.3, 0.4) is 0 Å². The summed E-state index contributed by atoms with van der Waals surface area (Å²) >= 11 is 0. The number of hydrogen-bond acceptors (Lipinski definition) is 3. The summed E-state index contributed by atoms with van der Waals surface area (Å²) in [5.74, 6) is 0.658. The minimum Gasteiger partial charge on any atom is -0.382 e. The van der Waals surface area contributed by atoms with Gasteiger partial charge in [-0.05, 0) is 31.7 Å². The maximum atomic E-state index is 5.97. The Hall–Kier alpha value is -1.81. The average molecular weight is 228 g/mol. The molecule has 0 aliphatic carbocycles. The van der Waals surface area contributed by atoms with Crippen molar-refractivity contribution >= 4 is 5.82 Å². The van der Waals surface area contributed by atoms with Gasteiger partial charge in [0.1, 0.15) is 0 Å². The summed E-state index contributed by atoms with van der Waals surface area (Å²) in [5.41, 5.74) is 10.7. The molecule has 1 aromatic carbocycles. The van der Waals surface area contributed by atoms with E-state index in [9.17, 15) is 0 Å². The summed E-state index contributed by atoms with van der Waals surface area (Å²) in [7, 11) is 2.10. The van der Waals surface area contributed by atoms with Gasteiger partial charge in [-0.15, -0.1) is 0 Å². The van der Waals surface area contributed by atoms with Crippen LogP contribution in [0.4, 0.5) is 5.82 Å². The third-order valence-electron chi connectivity index (χ3n) is 3.21. The van der Waals surface area contributed by atoms with E-state index in [4.69, 9.17) is 5.73 Å². The Morgan fingerprint density at radius 3 is 2.88 bits per heavy atom. The van der Waals surface area contributed by atoms with Crippen LogP contribution in [-0.2, 0) is 13.1 Å². The van der Waals surface area contributed by atoms with Crippen molar-refractivity contribution < 1.29 is 0 Å². The number of nitrogens with two attached hydrogens (primary N) is 1. The van der Waals surface area contributed by atoms with Gasteiger partial charge in [-0.3, -0.25) is 4.90 Å². The molecule has 4 nitrogen and oxygen atoms in total. The summed E-state index contributed by atoms with van der Waals surface area (Å²) in [6.07, 6.45) is 0. The van der Waals surface area contributed by atoms with Crippen molar-refractivity contribution in [2.75, 3.05) is 12.8 Å². The zero-order valence-corrected chi connectivity index (χ0v) is 10.1. The van der Waals surface area contributed by atoms with Gasteiger partial charge in [-0.1, -0.05) is 12.1 Å². The Morgan fingerprint density at radius 2 is 2.12 bits per heavy atom. The molecule has 4 heteroatoms. The predicted octanol–water partition coefficient (Wildman–Crippen LogP) is 1.71. The van der Waals surface area contributed by atoms with E-state index in [1.165, 1.54) is 16.8 Å². The van der Waals surface area contributed by atoms with E-state index in [2.05, 4.69) is 42.2 Å². The molecule has 3 rings (SSSR count). The molecule has 1 aliphatic heterocycles. The fourth-order valence-corrected chi connectivity index (χ4v) is 2.39. The van der Waals surface area contributed by atoms with Crippen LogP contribution in [0.15, 0.2) is 24.3 Å². The summed E-state index contributed by atoms with van der Waals surface area (Å²) in [5, 5.41) is 4.45. The second-order valence-corrected chi connectivity index (χ2v) is 4.73. The molecule has 0 spiro atoms. The Labute approximate surface area is 101 Å². The normalized spacial score (nSPS) is 15.2. The molecule has 0 unspecified atom stereocenters. The highest BCUT2D eigenvalue weighted by Gasteiger charge is 2.24. The fraction of sp³-hybridized carbons (Fsp3) is 0.308. The molecule has 0 fully saturated rings. The van der Waals surface area contributed by atoms with Gasteiger partial charge < -0.3 is 5.73 Å². The van der Waals surface area contributed by atoms with Gasteiger partial charge in [-0.2, -0.15) is 5.10 Å². The lowest BCUT2D eigenvalue weighted by Crippen LogP contribution is -2.12. The Morgan fingerprint density at radius 1 is 1.29 bits per heavy atom. The smallest absolute Gasteiger partial charge is 0.150 e. The molecule has 17 heavy (non-hydrogen) atoms. The minimum atomic E-state index is 0.658. The van der Waals surface area contributed by atoms with Crippen molar-refractivity contribution in [3.63, 3.8) is 0 Å². The van der Waals surface area contributed by atoms with Crippen molar-refractivity contribution in [3.05, 3.63) is 41.1 Å². The molecule has 88 valence electrons. The van der Waals surface area contributed by atoms with Crippen molar-refractivity contribution in [2.24, 2.45) is 0 Å². The third kappa shape index (κ3) is 1.61. The largest absolute Gasteiger partial charge is 0.382 e. The minimum absolute atomic E-state index is 0.658. The van der Waals surface area contributed by atoms with Crippen molar-refractivity contribution in [1.29, 1.82) is 0 Å². The van der Waals surface area contributed by atoms with Gasteiger partial charge >= 0.3 is 0 Å². The number of benzene rings is 1. The lowest BCUT2D eigenvalue weighted by molar-refractivity contribution is 0.346. The maximum Gasteiger partial charge on any atom is 0.150 e. The van der Waals surface area contributed by atoms with Crippen LogP contribution in [0.25, 0.3) is 5.69 Å². The number of hydrogen-bond donors (Lipinski definition) is 1. The highest BCUT2D eigenvalue weighted by molar-refractivity contribution is 5.49. The van der Waals surface area contributed by atoms with E-state index in [1.807, 2.05) is 10.7 Å². The molecule has 1 aromatic heterocycles. The molecule has 2 N–H and O–H groups in total. The van der Waals surface area contributed by atoms with E-state index in [0.717, 1.165) is 18.8 Å². The summed E-state index contributed by atoms with van der Waals surface area (Å²) < 4.78 is 1.97. The Balaban J connectivity index is 2.14. The Bertz CT molecular complexity index is 571. The number of rotatable bonds is 1. The zero-order valence-electron chi connectivity index (χ0n) is 10.1. The molecule has 0 bridgehead atoms. The van der Waals surface area contributed by atoms with E-state index in [-0.39, 0.29) is 0 Å². The van der Waals surface area contributed by atoms with Crippen molar-refractivity contribution in [2.45, 2.75) is 20.0 Å². The molecule has 0 amide bonds. The molecular weight excluding hydrogens is 212 g/mol.